The summed E-state index contributed by atoms with van der Waals surface area (Å²) in [4.78, 5) is 6.14. The SMILES string of the molecule is C1=C(c2ccc3[nH]cc(C4=CCN5CCC[C@@H]5C4)c3c2)CCSC1. The van der Waals surface area contributed by atoms with Crippen LogP contribution < -0.4 is 0 Å². The molecule has 3 heteroatoms. The summed E-state index contributed by atoms with van der Waals surface area (Å²) in [6, 6.07) is 7.75. The molecule has 0 aliphatic carbocycles. The van der Waals surface area contributed by atoms with Crippen molar-refractivity contribution in [3.8, 4) is 0 Å². The first kappa shape index (κ1) is 14.9. The molecule has 4 heterocycles. The molecule has 3 aliphatic rings. The summed E-state index contributed by atoms with van der Waals surface area (Å²) in [7, 11) is 0. The number of H-pyrrole nitrogens is 1. The molecule has 1 aromatic heterocycles. The van der Waals surface area contributed by atoms with Crippen molar-refractivity contribution < 1.29 is 0 Å². The van der Waals surface area contributed by atoms with Crippen molar-refractivity contribution in [1.82, 2.24) is 9.88 Å². The second kappa shape index (κ2) is 6.12. The fourth-order valence-corrected chi connectivity index (χ4v) is 5.38. The zero-order chi connectivity index (χ0) is 15.9. The topological polar surface area (TPSA) is 19.0 Å². The molecule has 2 aromatic rings. The maximum absolute atomic E-state index is 3.50. The highest BCUT2D eigenvalue weighted by atomic mass is 32.2. The normalized spacial score (nSPS) is 24.8. The number of nitrogens with one attached hydrogen (secondary N) is 1. The number of allylic oxidation sites excluding steroid dienone is 1. The lowest BCUT2D eigenvalue weighted by molar-refractivity contribution is 0.275. The Hall–Kier alpha value is -1.45. The predicted molar refractivity (Wildman–Crippen MR) is 105 cm³/mol. The molecular formula is C21H24N2S. The molecule has 0 radical (unpaired) electrons. The minimum absolute atomic E-state index is 0.774. The van der Waals surface area contributed by atoms with Gasteiger partial charge in [-0.1, -0.05) is 18.2 Å². The average Bonchev–Trinajstić information content (AvgIpc) is 3.27. The number of nitrogens with zero attached hydrogens (tertiary/aromatic N) is 1. The van der Waals surface area contributed by atoms with Gasteiger partial charge in [0, 0.05) is 41.0 Å². The second-order valence-electron chi connectivity index (χ2n) is 7.24. The molecule has 2 nitrogen and oxygen atoms in total. The smallest absolute Gasteiger partial charge is 0.0460 e. The summed E-state index contributed by atoms with van der Waals surface area (Å²) in [5.74, 6) is 2.42. The summed E-state index contributed by atoms with van der Waals surface area (Å²) in [5.41, 5.74) is 7.21. The molecule has 0 bridgehead atoms. The molecule has 0 unspecified atom stereocenters. The van der Waals surface area contributed by atoms with Gasteiger partial charge in [-0.25, -0.2) is 0 Å². The van der Waals surface area contributed by atoms with Crippen LogP contribution in [-0.2, 0) is 0 Å². The van der Waals surface area contributed by atoms with E-state index in [0.717, 1.165) is 18.3 Å². The Labute approximate surface area is 148 Å². The van der Waals surface area contributed by atoms with Crippen LogP contribution in [0.4, 0.5) is 0 Å². The summed E-state index contributed by atoms with van der Waals surface area (Å²) in [6.45, 7) is 2.42. The number of aromatic nitrogens is 1. The molecular weight excluding hydrogens is 312 g/mol. The molecule has 124 valence electrons. The zero-order valence-electron chi connectivity index (χ0n) is 14.1. The third-order valence-electron chi connectivity index (χ3n) is 5.89. The Morgan fingerprint density at radius 3 is 3.08 bits per heavy atom. The zero-order valence-corrected chi connectivity index (χ0v) is 14.9. The Kier molecular flexibility index (Phi) is 3.79. The third-order valence-corrected chi connectivity index (χ3v) is 6.78. The molecule has 1 fully saturated rings. The van der Waals surface area contributed by atoms with Gasteiger partial charge in [-0.3, -0.25) is 4.90 Å². The second-order valence-corrected chi connectivity index (χ2v) is 8.39. The maximum Gasteiger partial charge on any atom is 0.0460 e. The Bertz CT molecular complexity index is 829. The van der Waals surface area contributed by atoms with Crippen molar-refractivity contribution in [2.24, 2.45) is 0 Å². The quantitative estimate of drug-likeness (QED) is 0.837. The van der Waals surface area contributed by atoms with Crippen LogP contribution in [0.15, 0.2) is 36.5 Å². The molecule has 1 aromatic carbocycles. The van der Waals surface area contributed by atoms with Crippen molar-refractivity contribution in [2.75, 3.05) is 24.6 Å². The first-order chi connectivity index (χ1) is 11.9. The van der Waals surface area contributed by atoms with Crippen LogP contribution in [0.3, 0.4) is 0 Å². The van der Waals surface area contributed by atoms with Crippen LogP contribution in [0.2, 0.25) is 0 Å². The lowest BCUT2D eigenvalue weighted by Gasteiger charge is -2.29. The van der Waals surface area contributed by atoms with E-state index < -0.39 is 0 Å². The van der Waals surface area contributed by atoms with Gasteiger partial charge in [0.15, 0.2) is 0 Å². The van der Waals surface area contributed by atoms with Crippen molar-refractivity contribution >= 4 is 33.8 Å². The Balaban J connectivity index is 1.53. The Morgan fingerprint density at radius 1 is 1.17 bits per heavy atom. The maximum atomic E-state index is 3.50. The van der Waals surface area contributed by atoms with Crippen LogP contribution in [0.25, 0.3) is 22.0 Å². The minimum atomic E-state index is 0.774. The molecule has 0 spiro atoms. The van der Waals surface area contributed by atoms with E-state index in [0.29, 0.717) is 0 Å². The molecule has 0 saturated carbocycles. The summed E-state index contributed by atoms with van der Waals surface area (Å²) in [5, 5.41) is 1.41. The standard InChI is InChI=1S/C21H24N2S/c1-2-18-12-17(5-9-23(18)8-1)20-14-22-21-4-3-16(13-19(20)21)15-6-10-24-11-7-15/h3-6,13-14,18,22H,1-2,7-12H2/t18-/m1/s1. The highest BCUT2D eigenvalue weighted by molar-refractivity contribution is 7.99. The lowest BCUT2D eigenvalue weighted by atomic mass is 9.92. The number of thioether (sulfide) groups is 1. The van der Waals surface area contributed by atoms with E-state index in [1.165, 1.54) is 65.6 Å². The number of rotatable bonds is 2. The summed E-state index contributed by atoms with van der Waals surface area (Å²) in [6.07, 6.45) is 12.3. The van der Waals surface area contributed by atoms with E-state index in [-0.39, 0.29) is 0 Å². The van der Waals surface area contributed by atoms with Gasteiger partial charge in [0.05, 0.1) is 0 Å². The molecule has 3 aliphatic heterocycles. The van der Waals surface area contributed by atoms with E-state index in [4.69, 9.17) is 0 Å². The highest BCUT2D eigenvalue weighted by Crippen LogP contribution is 2.36. The molecule has 0 amide bonds. The molecule has 1 atom stereocenters. The first-order valence-electron chi connectivity index (χ1n) is 9.20. The summed E-state index contributed by atoms with van der Waals surface area (Å²) >= 11 is 2.04. The van der Waals surface area contributed by atoms with Gasteiger partial charge in [-0.05, 0) is 66.8 Å². The minimum Gasteiger partial charge on any atom is -0.361 e. The van der Waals surface area contributed by atoms with Crippen molar-refractivity contribution in [1.29, 1.82) is 0 Å². The van der Waals surface area contributed by atoms with Crippen LogP contribution >= 0.6 is 11.8 Å². The van der Waals surface area contributed by atoms with Gasteiger partial charge in [-0.2, -0.15) is 11.8 Å². The fraction of sp³-hybridized carbons (Fsp3) is 0.429. The number of hydrogen-bond acceptors (Lipinski definition) is 2. The van der Waals surface area contributed by atoms with E-state index in [9.17, 15) is 0 Å². The van der Waals surface area contributed by atoms with Gasteiger partial charge in [0.2, 0.25) is 0 Å². The van der Waals surface area contributed by atoms with E-state index in [2.05, 4.69) is 46.4 Å². The van der Waals surface area contributed by atoms with E-state index in [1.807, 2.05) is 11.8 Å². The Morgan fingerprint density at radius 2 is 2.17 bits per heavy atom. The number of hydrogen-bond donors (Lipinski definition) is 1. The molecule has 24 heavy (non-hydrogen) atoms. The molecule has 5 rings (SSSR count). The number of benzene rings is 1. The van der Waals surface area contributed by atoms with Crippen LogP contribution in [0.1, 0.15) is 36.8 Å². The molecule has 1 saturated heterocycles. The van der Waals surface area contributed by atoms with Gasteiger partial charge < -0.3 is 4.98 Å². The number of fused-ring (bicyclic) bond motifs is 2. The van der Waals surface area contributed by atoms with E-state index in [1.54, 1.807) is 5.57 Å². The third kappa shape index (κ3) is 2.55. The van der Waals surface area contributed by atoms with Gasteiger partial charge >= 0.3 is 0 Å². The molecule has 1 N–H and O–H groups in total. The van der Waals surface area contributed by atoms with Gasteiger partial charge in [0.25, 0.3) is 0 Å². The number of aromatic amines is 1. The van der Waals surface area contributed by atoms with Crippen LogP contribution in [0, 0.1) is 0 Å². The average molecular weight is 337 g/mol. The lowest BCUT2D eigenvalue weighted by Crippen LogP contribution is -2.32. The van der Waals surface area contributed by atoms with E-state index >= 15 is 0 Å². The van der Waals surface area contributed by atoms with Crippen molar-refractivity contribution in [3.63, 3.8) is 0 Å². The largest absolute Gasteiger partial charge is 0.361 e. The predicted octanol–water partition coefficient (Wildman–Crippen LogP) is 4.94. The summed E-state index contributed by atoms with van der Waals surface area (Å²) < 4.78 is 0. The van der Waals surface area contributed by atoms with Gasteiger partial charge in [-0.15, -0.1) is 0 Å². The monoisotopic (exact) mass is 336 g/mol. The highest BCUT2D eigenvalue weighted by Gasteiger charge is 2.28. The van der Waals surface area contributed by atoms with Crippen molar-refractivity contribution in [2.45, 2.75) is 31.7 Å². The fourth-order valence-electron chi connectivity index (χ4n) is 4.53. The van der Waals surface area contributed by atoms with Gasteiger partial charge in [0.1, 0.15) is 0 Å². The van der Waals surface area contributed by atoms with Crippen molar-refractivity contribution in [3.05, 3.63) is 47.7 Å². The van der Waals surface area contributed by atoms with Crippen LogP contribution in [0.5, 0.6) is 0 Å². The van der Waals surface area contributed by atoms with Crippen LogP contribution in [-0.4, -0.2) is 40.5 Å². The first-order valence-corrected chi connectivity index (χ1v) is 10.4.